The van der Waals surface area contributed by atoms with Crippen molar-refractivity contribution in [2.75, 3.05) is 7.11 Å². The SMILES string of the molecule is CCC1=N[C@H](C(=O)OC)C(C)O1. The third-order valence-electron chi connectivity index (χ3n) is 1.79. The molecule has 1 aliphatic heterocycles. The lowest BCUT2D eigenvalue weighted by atomic mass is 10.2. The third kappa shape index (κ3) is 1.57. The summed E-state index contributed by atoms with van der Waals surface area (Å²) in [5.41, 5.74) is 0. The van der Waals surface area contributed by atoms with E-state index >= 15 is 0 Å². The van der Waals surface area contributed by atoms with Crippen LogP contribution >= 0.6 is 0 Å². The van der Waals surface area contributed by atoms with Gasteiger partial charge in [0.1, 0.15) is 6.10 Å². The Kier molecular flexibility index (Phi) is 2.68. The molecule has 0 amide bonds. The summed E-state index contributed by atoms with van der Waals surface area (Å²) in [6.07, 6.45) is 0.532. The van der Waals surface area contributed by atoms with E-state index in [0.29, 0.717) is 5.90 Å². The minimum atomic E-state index is -0.468. The van der Waals surface area contributed by atoms with Gasteiger partial charge in [-0.25, -0.2) is 9.79 Å². The molecule has 0 bridgehead atoms. The molecule has 1 heterocycles. The quantitative estimate of drug-likeness (QED) is 0.576. The van der Waals surface area contributed by atoms with Crippen LogP contribution in [0.2, 0.25) is 0 Å². The standard InChI is InChI=1S/C8H13NO3/c1-4-6-9-7(5(2)12-6)8(10)11-3/h5,7H,4H2,1-3H3/t5?,7-/m0/s1. The Hall–Kier alpha value is -1.06. The predicted molar refractivity (Wildman–Crippen MR) is 44.1 cm³/mol. The molecule has 0 fully saturated rings. The zero-order chi connectivity index (χ0) is 9.14. The number of ether oxygens (including phenoxy) is 2. The summed E-state index contributed by atoms with van der Waals surface area (Å²) in [5, 5.41) is 0. The Bertz CT molecular complexity index is 212. The van der Waals surface area contributed by atoms with Crippen LogP contribution in [0.15, 0.2) is 4.99 Å². The number of carbonyl (C=O) groups excluding carboxylic acids is 1. The second kappa shape index (κ2) is 3.56. The number of carbonyl (C=O) groups is 1. The van der Waals surface area contributed by atoms with Crippen molar-refractivity contribution in [3.63, 3.8) is 0 Å². The summed E-state index contributed by atoms with van der Waals surface area (Å²) < 4.78 is 9.87. The summed E-state index contributed by atoms with van der Waals surface area (Å²) in [6, 6.07) is -0.468. The third-order valence-corrected chi connectivity index (χ3v) is 1.79. The normalized spacial score (nSPS) is 27.8. The van der Waals surface area contributed by atoms with Crippen molar-refractivity contribution in [2.45, 2.75) is 32.4 Å². The first-order valence-corrected chi connectivity index (χ1v) is 4.00. The van der Waals surface area contributed by atoms with Crippen LogP contribution in [-0.2, 0) is 14.3 Å². The van der Waals surface area contributed by atoms with E-state index in [2.05, 4.69) is 9.73 Å². The van der Waals surface area contributed by atoms with Crippen LogP contribution in [0.4, 0.5) is 0 Å². The molecule has 1 rings (SSSR count). The number of esters is 1. The molecule has 0 saturated heterocycles. The topological polar surface area (TPSA) is 47.9 Å². The zero-order valence-corrected chi connectivity index (χ0v) is 7.53. The monoisotopic (exact) mass is 171 g/mol. The zero-order valence-electron chi connectivity index (χ0n) is 7.53. The van der Waals surface area contributed by atoms with Crippen LogP contribution in [0.1, 0.15) is 20.3 Å². The van der Waals surface area contributed by atoms with Gasteiger partial charge in [0, 0.05) is 6.42 Å². The predicted octanol–water partition coefficient (Wildman–Crippen LogP) is 0.755. The van der Waals surface area contributed by atoms with Crippen molar-refractivity contribution in [3.05, 3.63) is 0 Å². The number of rotatable bonds is 2. The van der Waals surface area contributed by atoms with Crippen LogP contribution in [-0.4, -0.2) is 31.1 Å². The average molecular weight is 171 g/mol. The van der Waals surface area contributed by atoms with Gasteiger partial charge >= 0.3 is 5.97 Å². The van der Waals surface area contributed by atoms with E-state index in [9.17, 15) is 4.79 Å². The van der Waals surface area contributed by atoms with Gasteiger partial charge in [-0.2, -0.15) is 0 Å². The van der Waals surface area contributed by atoms with E-state index < -0.39 is 6.04 Å². The Morgan fingerprint density at radius 3 is 2.83 bits per heavy atom. The van der Waals surface area contributed by atoms with Gasteiger partial charge < -0.3 is 9.47 Å². The Balaban J connectivity index is 2.66. The number of hydrogen-bond acceptors (Lipinski definition) is 4. The van der Waals surface area contributed by atoms with E-state index in [1.165, 1.54) is 7.11 Å². The second-order valence-corrected chi connectivity index (χ2v) is 2.67. The Labute approximate surface area is 71.6 Å². The molecule has 0 aromatic heterocycles. The first-order chi connectivity index (χ1) is 5.69. The number of methoxy groups -OCH3 is 1. The highest BCUT2D eigenvalue weighted by atomic mass is 16.5. The number of nitrogens with zero attached hydrogens (tertiary/aromatic N) is 1. The molecule has 0 N–H and O–H groups in total. The van der Waals surface area contributed by atoms with Gasteiger partial charge in [0.05, 0.1) is 7.11 Å². The Morgan fingerprint density at radius 1 is 1.75 bits per heavy atom. The van der Waals surface area contributed by atoms with Gasteiger partial charge in [0.25, 0.3) is 0 Å². The second-order valence-electron chi connectivity index (χ2n) is 2.67. The lowest BCUT2D eigenvalue weighted by molar-refractivity contribution is -0.143. The summed E-state index contributed by atoms with van der Waals surface area (Å²) in [7, 11) is 1.36. The summed E-state index contributed by atoms with van der Waals surface area (Å²) in [5.74, 6) is 0.309. The minimum absolute atomic E-state index is 0.188. The van der Waals surface area contributed by atoms with E-state index in [0.717, 1.165) is 6.42 Å². The molecule has 1 aliphatic rings. The lowest BCUT2D eigenvalue weighted by Crippen LogP contribution is -2.28. The molecule has 12 heavy (non-hydrogen) atoms. The van der Waals surface area contributed by atoms with Crippen molar-refractivity contribution in [2.24, 2.45) is 4.99 Å². The van der Waals surface area contributed by atoms with Crippen molar-refractivity contribution < 1.29 is 14.3 Å². The van der Waals surface area contributed by atoms with Crippen LogP contribution in [0.3, 0.4) is 0 Å². The molecule has 0 saturated carbocycles. The highest BCUT2D eigenvalue weighted by molar-refractivity contribution is 5.86. The summed E-state index contributed by atoms with van der Waals surface area (Å²) in [6.45, 7) is 3.75. The Morgan fingerprint density at radius 2 is 2.42 bits per heavy atom. The van der Waals surface area contributed by atoms with Crippen LogP contribution < -0.4 is 0 Å². The van der Waals surface area contributed by atoms with Crippen molar-refractivity contribution >= 4 is 11.9 Å². The maximum Gasteiger partial charge on any atom is 0.334 e. The van der Waals surface area contributed by atoms with Gasteiger partial charge in [0.2, 0.25) is 0 Å². The molecule has 4 nitrogen and oxygen atoms in total. The first-order valence-electron chi connectivity index (χ1n) is 4.00. The highest BCUT2D eigenvalue weighted by Gasteiger charge is 2.32. The molecule has 0 aromatic carbocycles. The van der Waals surface area contributed by atoms with E-state index in [1.807, 2.05) is 13.8 Å². The van der Waals surface area contributed by atoms with Crippen LogP contribution in [0, 0.1) is 0 Å². The van der Waals surface area contributed by atoms with Crippen molar-refractivity contribution in [3.8, 4) is 0 Å². The van der Waals surface area contributed by atoms with E-state index in [-0.39, 0.29) is 12.1 Å². The van der Waals surface area contributed by atoms with Gasteiger partial charge in [0.15, 0.2) is 11.9 Å². The number of aliphatic imine (C=N–C) groups is 1. The van der Waals surface area contributed by atoms with Crippen molar-refractivity contribution in [1.82, 2.24) is 0 Å². The van der Waals surface area contributed by atoms with Crippen LogP contribution in [0.5, 0.6) is 0 Å². The molecule has 0 aliphatic carbocycles. The molecule has 0 radical (unpaired) electrons. The molecule has 4 heteroatoms. The number of hydrogen-bond donors (Lipinski definition) is 0. The van der Waals surface area contributed by atoms with Crippen LogP contribution in [0.25, 0.3) is 0 Å². The van der Waals surface area contributed by atoms with E-state index in [1.54, 1.807) is 0 Å². The van der Waals surface area contributed by atoms with E-state index in [4.69, 9.17) is 4.74 Å². The first kappa shape index (κ1) is 9.03. The van der Waals surface area contributed by atoms with Gasteiger partial charge in [-0.3, -0.25) is 0 Å². The van der Waals surface area contributed by atoms with Gasteiger partial charge in [-0.1, -0.05) is 6.92 Å². The van der Waals surface area contributed by atoms with Gasteiger partial charge in [-0.15, -0.1) is 0 Å². The summed E-state index contributed by atoms with van der Waals surface area (Å²) >= 11 is 0. The van der Waals surface area contributed by atoms with Crippen molar-refractivity contribution in [1.29, 1.82) is 0 Å². The molecular weight excluding hydrogens is 158 g/mol. The smallest absolute Gasteiger partial charge is 0.334 e. The fraction of sp³-hybridized carbons (Fsp3) is 0.750. The maximum atomic E-state index is 11.1. The average Bonchev–Trinajstić information content (AvgIpc) is 2.45. The summed E-state index contributed by atoms with van der Waals surface area (Å²) in [4.78, 5) is 15.2. The molecule has 68 valence electrons. The maximum absolute atomic E-state index is 11.1. The highest BCUT2D eigenvalue weighted by Crippen LogP contribution is 2.15. The lowest BCUT2D eigenvalue weighted by Gasteiger charge is -2.09. The minimum Gasteiger partial charge on any atom is -0.475 e. The molecule has 0 spiro atoms. The molecular formula is C8H13NO3. The fourth-order valence-electron chi connectivity index (χ4n) is 1.11. The molecule has 2 atom stereocenters. The largest absolute Gasteiger partial charge is 0.475 e. The van der Waals surface area contributed by atoms with Gasteiger partial charge in [-0.05, 0) is 6.92 Å². The molecule has 1 unspecified atom stereocenters. The molecule has 0 aromatic rings. The fourth-order valence-corrected chi connectivity index (χ4v) is 1.11.